The Bertz CT molecular complexity index is 2230. The van der Waals surface area contributed by atoms with Gasteiger partial charge >= 0.3 is 0 Å². The topological polar surface area (TPSA) is 90.7 Å². The Morgan fingerprint density at radius 1 is 0.556 bits per heavy atom. The Hall–Kier alpha value is -3.93. The number of hydrogen-bond acceptors (Lipinski definition) is 10. The minimum atomic E-state index is -0.780. The molecule has 0 saturated heterocycles. The molecule has 6 aliphatic rings. The van der Waals surface area contributed by atoms with Crippen molar-refractivity contribution in [2.24, 2.45) is 23.7 Å². The highest BCUT2D eigenvalue weighted by Gasteiger charge is 2.51. The van der Waals surface area contributed by atoms with Crippen LogP contribution >= 0.6 is 23.5 Å². The SMILES string of the molecule is CN1C(=CC2C(=O)C(C=C3N(C)c4ccccc4C3(C)C)C2O)Sc2cc3c(cc21)N(C)C(=CC1C(O)C(C=C2N(C)c4ccccc4C2(C)C)C1O)S3. The summed E-state index contributed by atoms with van der Waals surface area (Å²) < 4.78 is 0. The predicted molar refractivity (Wildman–Crippen MR) is 220 cm³/mol. The van der Waals surface area contributed by atoms with E-state index < -0.39 is 30.1 Å². The number of ketones is 1. The number of carbonyl (C=O) groups is 1. The van der Waals surface area contributed by atoms with Crippen LogP contribution < -0.4 is 19.6 Å². The van der Waals surface area contributed by atoms with Gasteiger partial charge in [0, 0.05) is 83.4 Å². The Morgan fingerprint density at radius 2 is 1.00 bits per heavy atom. The normalized spacial score (nSPS) is 33.1. The molecule has 0 aromatic heterocycles. The van der Waals surface area contributed by atoms with E-state index in [2.05, 4.69) is 103 Å². The molecule has 2 aliphatic carbocycles. The van der Waals surface area contributed by atoms with Gasteiger partial charge in [0.15, 0.2) is 5.78 Å². The first-order valence-electron chi connectivity index (χ1n) is 18.7. The van der Waals surface area contributed by atoms with E-state index in [9.17, 15) is 20.1 Å². The summed E-state index contributed by atoms with van der Waals surface area (Å²) in [4.78, 5) is 24.3. The molecule has 5 atom stereocenters. The van der Waals surface area contributed by atoms with Crippen LogP contribution in [0.4, 0.5) is 22.7 Å². The van der Waals surface area contributed by atoms with Crippen LogP contribution in [0.15, 0.2) is 116 Å². The van der Waals surface area contributed by atoms with Gasteiger partial charge in [0.1, 0.15) is 0 Å². The molecule has 0 radical (unpaired) electrons. The average molecular weight is 761 g/mol. The maximum Gasteiger partial charge on any atom is 0.151 e. The number of aliphatic hydroxyl groups excluding tert-OH is 3. The highest BCUT2D eigenvalue weighted by Crippen LogP contribution is 2.56. The van der Waals surface area contributed by atoms with Crippen molar-refractivity contribution in [3.8, 4) is 0 Å². The number of likely N-dealkylation sites (N-methyl/N-ethyl adjacent to an activating group) is 2. The Balaban J connectivity index is 0.885. The van der Waals surface area contributed by atoms with Crippen molar-refractivity contribution in [1.82, 2.24) is 0 Å². The molecule has 3 N–H and O–H groups in total. The van der Waals surface area contributed by atoms with Gasteiger partial charge in [0.25, 0.3) is 0 Å². The van der Waals surface area contributed by atoms with E-state index in [1.165, 1.54) is 11.1 Å². The lowest BCUT2D eigenvalue weighted by Gasteiger charge is -2.45. The first-order valence-corrected chi connectivity index (χ1v) is 20.4. The van der Waals surface area contributed by atoms with Crippen molar-refractivity contribution in [1.29, 1.82) is 0 Å². The number of nitrogens with zero attached hydrogens (tertiary/aromatic N) is 4. The van der Waals surface area contributed by atoms with Crippen LogP contribution in [0, 0.1) is 23.7 Å². The van der Waals surface area contributed by atoms with E-state index >= 15 is 0 Å². The zero-order valence-electron chi connectivity index (χ0n) is 32.0. The third-order valence-corrected chi connectivity index (χ3v) is 15.4. The lowest BCUT2D eigenvalue weighted by molar-refractivity contribution is -0.143. The number of hydrogen-bond donors (Lipinski definition) is 3. The number of carbonyl (C=O) groups excluding carboxylic acids is 1. The second-order valence-electron chi connectivity index (χ2n) is 16.7. The minimum absolute atomic E-state index is 0.0445. The van der Waals surface area contributed by atoms with Crippen molar-refractivity contribution in [2.75, 3.05) is 47.8 Å². The number of allylic oxidation sites excluding steroid dienone is 2. The monoisotopic (exact) mass is 760 g/mol. The van der Waals surface area contributed by atoms with Gasteiger partial charge in [-0.3, -0.25) is 4.79 Å². The van der Waals surface area contributed by atoms with Crippen molar-refractivity contribution in [3.63, 3.8) is 0 Å². The number of fused-ring (bicyclic) bond motifs is 4. The van der Waals surface area contributed by atoms with Crippen LogP contribution in [-0.2, 0) is 15.6 Å². The van der Waals surface area contributed by atoms with Gasteiger partial charge in [-0.15, -0.1) is 0 Å². The molecular formula is C44H48N4O4S2. The molecule has 5 unspecified atom stereocenters. The first kappa shape index (κ1) is 35.8. The van der Waals surface area contributed by atoms with Crippen LogP contribution in [0.5, 0.6) is 0 Å². The van der Waals surface area contributed by atoms with Gasteiger partial charge in [-0.05, 0) is 47.5 Å². The maximum atomic E-state index is 13.6. The number of thioether (sulfide) groups is 2. The molecule has 2 fully saturated rings. The number of rotatable bonds is 4. The molecule has 10 heteroatoms. The first-order chi connectivity index (χ1) is 25.6. The third-order valence-electron chi connectivity index (χ3n) is 13.0. The molecule has 0 spiro atoms. The molecule has 8 nitrogen and oxygen atoms in total. The fourth-order valence-electron chi connectivity index (χ4n) is 9.58. The lowest BCUT2D eigenvalue weighted by atomic mass is 9.67. The largest absolute Gasteiger partial charge is 0.392 e. The van der Waals surface area contributed by atoms with Crippen molar-refractivity contribution >= 4 is 52.1 Å². The number of Topliss-reactive ketones (excluding diaryl/α,β-unsaturated/α-hetero) is 1. The highest BCUT2D eigenvalue weighted by atomic mass is 32.2. The molecule has 9 rings (SSSR count). The quantitative estimate of drug-likeness (QED) is 0.254. The average Bonchev–Trinajstić information content (AvgIpc) is 3.76. The summed E-state index contributed by atoms with van der Waals surface area (Å²) in [6.45, 7) is 8.75. The highest BCUT2D eigenvalue weighted by molar-refractivity contribution is 8.04. The Morgan fingerprint density at radius 3 is 1.50 bits per heavy atom. The van der Waals surface area contributed by atoms with Gasteiger partial charge in [0.05, 0.1) is 51.6 Å². The van der Waals surface area contributed by atoms with Crippen LogP contribution in [0.2, 0.25) is 0 Å². The Labute approximate surface area is 326 Å². The van der Waals surface area contributed by atoms with E-state index in [0.717, 1.165) is 54.0 Å². The van der Waals surface area contributed by atoms with E-state index in [1.807, 2.05) is 57.6 Å². The van der Waals surface area contributed by atoms with Crippen LogP contribution in [0.1, 0.15) is 38.8 Å². The molecule has 3 aromatic carbocycles. The molecule has 4 aliphatic heterocycles. The third kappa shape index (κ3) is 4.99. The van der Waals surface area contributed by atoms with Gasteiger partial charge in [-0.1, -0.05) is 99.8 Å². The van der Waals surface area contributed by atoms with E-state index in [4.69, 9.17) is 0 Å². The summed E-state index contributed by atoms with van der Waals surface area (Å²) in [5.74, 6) is -1.77. The van der Waals surface area contributed by atoms with Crippen LogP contribution in [0.25, 0.3) is 0 Å². The number of aliphatic hydroxyl groups is 3. The predicted octanol–water partition coefficient (Wildman–Crippen LogP) is 7.22. The molecule has 54 heavy (non-hydrogen) atoms. The van der Waals surface area contributed by atoms with Crippen molar-refractivity contribution in [2.45, 2.75) is 66.6 Å². The van der Waals surface area contributed by atoms with Crippen molar-refractivity contribution in [3.05, 3.63) is 118 Å². The second-order valence-corrected chi connectivity index (χ2v) is 18.8. The van der Waals surface area contributed by atoms with Crippen LogP contribution in [0.3, 0.4) is 0 Å². The summed E-state index contributed by atoms with van der Waals surface area (Å²) in [6, 6.07) is 21.1. The Kier molecular flexibility index (Phi) is 8.13. The van der Waals surface area contributed by atoms with Gasteiger partial charge < -0.3 is 34.9 Å². The summed E-state index contributed by atoms with van der Waals surface area (Å²) in [5.41, 5.74) is 8.55. The lowest BCUT2D eigenvalue weighted by Crippen LogP contribution is -2.54. The molecule has 0 bridgehead atoms. The number of benzene rings is 3. The zero-order valence-corrected chi connectivity index (χ0v) is 33.6. The molecule has 2 saturated carbocycles. The van der Waals surface area contributed by atoms with Crippen molar-refractivity contribution < 1.29 is 20.1 Å². The summed E-state index contributed by atoms with van der Waals surface area (Å²) in [6.07, 6.45) is 5.87. The molecule has 4 heterocycles. The molecule has 3 aromatic rings. The van der Waals surface area contributed by atoms with E-state index in [-0.39, 0.29) is 28.4 Å². The van der Waals surface area contributed by atoms with Gasteiger partial charge in [-0.25, -0.2) is 0 Å². The summed E-state index contributed by atoms with van der Waals surface area (Å²) in [7, 11) is 8.13. The second kappa shape index (κ2) is 12.3. The summed E-state index contributed by atoms with van der Waals surface area (Å²) in [5, 5.41) is 36.0. The minimum Gasteiger partial charge on any atom is -0.392 e. The van der Waals surface area contributed by atoms with E-state index in [1.54, 1.807) is 23.5 Å². The van der Waals surface area contributed by atoms with Crippen LogP contribution in [-0.4, -0.2) is 67.6 Å². The number of anilines is 4. The zero-order chi connectivity index (χ0) is 38.2. The standard InChI is InChI=1S/C44H48N4O4S2/c1-43(2)27-13-9-11-15-29(27)45(5)35(43)17-23-39(49)25(40(23)50)19-37-47(7)31-21-32-34(22-33(31)53-37)54-38(48(32)8)20-26-41(51)24(42(26)52)18-36-44(3,4)28-14-10-12-16-30(28)46(36)6/h9-26,39-41,49-51H,1-8H3. The molecule has 0 amide bonds. The fraction of sp³-hybridized carbons (Fsp3) is 0.386. The smallest absolute Gasteiger partial charge is 0.151 e. The maximum absolute atomic E-state index is 13.6. The van der Waals surface area contributed by atoms with E-state index in [0.29, 0.717) is 0 Å². The molecular weight excluding hydrogens is 713 g/mol. The number of para-hydroxylation sites is 2. The summed E-state index contributed by atoms with van der Waals surface area (Å²) >= 11 is 3.27. The van der Waals surface area contributed by atoms with Gasteiger partial charge in [-0.2, -0.15) is 0 Å². The fourth-order valence-corrected chi connectivity index (χ4v) is 12.0. The van der Waals surface area contributed by atoms with Gasteiger partial charge in [0.2, 0.25) is 0 Å². The molecule has 280 valence electrons.